The van der Waals surface area contributed by atoms with Gasteiger partial charge in [0, 0.05) is 17.9 Å². The summed E-state index contributed by atoms with van der Waals surface area (Å²) in [5, 5.41) is 2.66. The molecular weight excluding hydrogens is 536 g/mol. The molecule has 42 heavy (non-hydrogen) atoms. The first-order valence-corrected chi connectivity index (χ1v) is 14.0. The molecule has 3 aliphatic carbocycles. The van der Waals surface area contributed by atoms with Crippen molar-refractivity contribution in [3.05, 3.63) is 89.0 Å². The van der Waals surface area contributed by atoms with Gasteiger partial charge in [-0.15, -0.1) is 0 Å². The fraction of sp³-hybridized carbons (Fsp3) is 0.333. The molecular formula is C33H32N2O7. The monoisotopic (exact) mass is 568 g/mol. The summed E-state index contributed by atoms with van der Waals surface area (Å²) in [6, 6.07) is 19.7. The van der Waals surface area contributed by atoms with Crippen LogP contribution >= 0.6 is 0 Å². The summed E-state index contributed by atoms with van der Waals surface area (Å²) in [7, 11) is 2.98. The molecule has 4 aliphatic rings. The fourth-order valence-corrected chi connectivity index (χ4v) is 6.96. The van der Waals surface area contributed by atoms with Crippen LogP contribution in [0.2, 0.25) is 0 Å². The third-order valence-corrected chi connectivity index (χ3v) is 8.66. The summed E-state index contributed by atoms with van der Waals surface area (Å²) < 4.78 is 15.9. The molecule has 9 nitrogen and oxygen atoms in total. The lowest BCUT2D eigenvalue weighted by molar-refractivity contribution is -0.162. The van der Waals surface area contributed by atoms with Gasteiger partial charge in [-0.3, -0.25) is 19.3 Å². The highest BCUT2D eigenvalue weighted by atomic mass is 16.5. The van der Waals surface area contributed by atoms with Crippen molar-refractivity contribution in [3.63, 3.8) is 0 Å². The molecule has 1 heterocycles. The van der Waals surface area contributed by atoms with E-state index in [4.69, 9.17) is 14.2 Å². The predicted molar refractivity (Wildman–Crippen MR) is 153 cm³/mol. The quantitative estimate of drug-likeness (QED) is 0.322. The number of carbonyl (C=O) groups excluding carboxylic acids is 4. The molecule has 2 bridgehead atoms. The van der Waals surface area contributed by atoms with Crippen LogP contribution in [-0.4, -0.2) is 55.5 Å². The number of nitrogens with zero attached hydrogens (tertiary/aromatic N) is 1. The number of nitrogens with one attached hydrogen (secondary N) is 1. The Labute approximate surface area is 243 Å². The van der Waals surface area contributed by atoms with E-state index < -0.39 is 42.3 Å². The van der Waals surface area contributed by atoms with Crippen molar-refractivity contribution in [2.24, 2.45) is 17.8 Å². The third-order valence-electron chi connectivity index (χ3n) is 8.66. The second-order valence-electron chi connectivity index (χ2n) is 11.2. The van der Waals surface area contributed by atoms with Crippen LogP contribution in [-0.2, 0) is 23.9 Å². The summed E-state index contributed by atoms with van der Waals surface area (Å²) in [5.74, 6) is -3.39. The summed E-state index contributed by atoms with van der Waals surface area (Å²) in [5.41, 5.74) is 4.60. The van der Waals surface area contributed by atoms with Gasteiger partial charge in [0.2, 0.25) is 11.8 Å². The van der Waals surface area contributed by atoms with E-state index in [0.717, 1.165) is 27.2 Å². The molecule has 3 atom stereocenters. The lowest BCUT2D eigenvalue weighted by Crippen LogP contribution is -2.49. The Bertz CT molecular complexity index is 1480. The van der Waals surface area contributed by atoms with Gasteiger partial charge >= 0.3 is 5.97 Å². The number of hydrogen-bond acceptors (Lipinski definition) is 7. The van der Waals surface area contributed by atoms with Crippen molar-refractivity contribution in [3.8, 4) is 11.5 Å². The van der Waals surface area contributed by atoms with Crippen LogP contribution in [0.1, 0.15) is 47.9 Å². The van der Waals surface area contributed by atoms with Crippen molar-refractivity contribution in [2.45, 2.75) is 31.7 Å². The van der Waals surface area contributed by atoms with Gasteiger partial charge in [0.15, 0.2) is 6.61 Å². The molecule has 0 radical (unpaired) electrons. The molecule has 0 unspecified atom stereocenters. The minimum atomic E-state index is -1.16. The molecule has 216 valence electrons. The van der Waals surface area contributed by atoms with Gasteiger partial charge in [0.1, 0.15) is 17.5 Å². The first-order chi connectivity index (χ1) is 20.3. The average molecular weight is 569 g/mol. The van der Waals surface area contributed by atoms with E-state index in [2.05, 4.69) is 5.32 Å². The number of methoxy groups -OCH3 is 2. The highest BCUT2D eigenvalue weighted by Gasteiger charge is 2.63. The van der Waals surface area contributed by atoms with Crippen molar-refractivity contribution in [2.75, 3.05) is 26.1 Å². The zero-order valence-electron chi connectivity index (χ0n) is 23.8. The molecule has 1 saturated heterocycles. The Morgan fingerprint density at radius 1 is 0.810 bits per heavy atom. The van der Waals surface area contributed by atoms with Crippen LogP contribution in [0.5, 0.6) is 11.5 Å². The predicted octanol–water partition coefficient (Wildman–Crippen LogP) is 4.10. The molecule has 0 saturated carbocycles. The number of amides is 3. The largest absolute Gasteiger partial charge is 0.497 e. The lowest BCUT2D eigenvalue weighted by atomic mass is 9.55. The highest BCUT2D eigenvalue weighted by molar-refractivity contribution is 6.10. The van der Waals surface area contributed by atoms with Crippen LogP contribution in [0.15, 0.2) is 66.7 Å². The van der Waals surface area contributed by atoms with Gasteiger partial charge in [0.05, 0.1) is 31.7 Å². The van der Waals surface area contributed by atoms with Crippen molar-refractivity contribution < 1.29 is 33.4 Å². The Morgan fingerprint density at radius 2 is 1.33 bits per heavy atom. The normalized spacial score (nSPS) is 22.3. The minimum Gasteiger partial charge on any atom is -0.497 e. The van der Waals surface area contributed by atoms with E-state index in [1.165, 1.54) is 14.2 Å². The molecule has 3 amide bonds. The molecule has 3 aromatic carbocycles. The number of carbonyl (C=O) groups is 4. The van der Waals surface area contributed by atoms with Crippen LogP contribution in [0.3, 0.4) is 0 Å². The number of esters is 1. The van der Waals surface area contributed by atoms with Gasteiger partial charge in [-0.25, -0.2) is 4.79 Å². The Morgan fingerprint density at radius 3 is 1.79 bits per heavy atom. The van der Waals surface area contributed by atoms with Gasteiger partial charge < -0.3 is 19.5 Å². The molecule has 1 fully saturated rings. The lowest BCUT2D eigenvalue weighted by Gasteiger charge is -2.45. The maximum absolute atomic E-state index is 14.1. The van der Waals surface area contributed by atoms with Crippen LogP contribution in [0.25, 0.3) is 0 Å². The van der Waals surface area contributed by atoms with Crippen LogP contribution in [0, 0.1) is 17.8 Å². The van der Waals surface area contributed by atoms with Crippen molar-refractivity contribution in [1.29, 1.82) is 0 Å². The number of hydrogen-bond donors (Lipinski definition) is 1. The first-order valence-electron chi connectivity index (χ1n) is 14.0. The molecule has 7 rings (SSSR count). The van der Waals surface area contributed by atoms with E-state index in [0.29, 0.717) is 17.2 Å². The van der Waals surface area contributed by atoms with Gasteiger partial charge in [0.25, 0.3) is 5.91 Å². The van der Waals surface area contributed by atoms with Gasteiger partial charge in [-0.1, -0.05) is 62.4 Å². The molecule has 9 heteroatoms. The number of rotatable bonds is 8. The van der Waals surface area contributed by atoms with E-state index in [9.17, 15) is 19.2 Å². The van der Waals surface area contributed by atoms with Crippen LogP contribution in [0.4, 0.5) is 5.69 Å². The van der Waals surface area contributed by atoms with E-state index in [1.54, 1.807) is 32.0 Å². The standard InChI is InChI=1S/C33H32N2O7/c1-17(2)30(33(39)42-16-25(36)34-23-14-13-18(40-3)15-24(23)41-4)35-31(37)28-26-19-9-5-6-10-20(19)27(29(28)32(35)38)22-12-8-7-11-21(22)26/h5-15,17,26-30H,16H2,1-4H3,(H,34,36)/t26?,27?,28-,29+,30-/m0/s1. The molecule has 3 aromatic rings. The van der Waals surface area contributed by atoms with Gasteiger partial charge in [-0.05, 0) is 40.3 Å². The maximum atomic E-state index is 14.1. The highest BCUT2D eigenvalue weighted by Crippen LogP contribution is 2.61. The Kier molecular flexibility index (Phi) is 6.96. The van der Waals surface area contributed by atoms with E-state index >= 15 is 0 Å². The van der Waals surface area contributed by atoms with E-state index in [1.807, 2.05) is 48.5 Å². The summed E-state index contributed by atoms with van der Waals surface area (Å²) in [6.45, 7) is 2.92. The van der Waals surface area contributed by atoms with Gasteiger partial charge in [-0.2, -0.15) is 0 Å². The smallest absolute Gasteiger partial charge is 0.330 e. The second kappa shape index (κ2) is 10.6. The molecule has 1 N–H and O–H groups in total. The van der Waals surface area contributed by atoms with Crippen molar-refractivity contribution >= 4 is 29.4 Å². The zero-order chi connectivity index (χ0) is 29.7. The van der Waals surface area contributed by atoms with Crippen molar-refractivity contribution in [1.82, 2.24) is 4.90 Å². The summed E-state index contributed by atoms with van der Waals surface area (Å²) in [6.07, 6.45) is 0. The average Bonchev–Trinajstić information content (AvgIpc) is 3.26. The Balaban J connectivity index is 1.23. The molecule has 0 spiro atoms. The third kappa shape index (κ3) is 4.22. The maximum Gasteiger partial charge on any atom is 0.330 e. The van der Waals surface area contributed by atoms with E-state index in [-0.39, 0.29) is 23.7 Å². The topological polar surface area (TPSA) is 111 Å². The minimum absolute atomic E-state index is 0.275. The number of imide groups is 1. The zero-order valence-corrected chi connectivity index (χ0v) is 23.8. The SMILES string of the molecule is COc1ccc(NC(=O)COC(=O)[C@H](C(C)C)N2C(=O)[C@@H]3C4c5ccccc5C(c5ccccc54)[C@@H]3C2=O)c(OC)c1. The fourth-order valence-electron chi connectivity index (χ4n) is 6.96. The summed E-state index contributed by atoms with van der Waals surface area (Å²) in [4.78, 5) is 55.5. The Hall–Kier alpha value is -4.66. The van der Waals surface area contributed by atoms with Crippen LogP contribution < -0.4 is 14.8 Å². The second-order valence-corrected chi connectivity index (χ2v) is 11.2. The number of anilines is 1. The molecule has 1 aliphatic heterocycles. The number of benzene rings is 3. The summed E-state index contributed by atoms with van der Waals surface area (Å²) >= 11 is 0. The first kappa shape index (κ1) is 27.5. The number of likely N-dealkylation sites (tertiary alicyclic amines) is 1. The molecule has 0 aromatic heterocycles. The number of ether oxygens (including phenoxy) is 3.